The third-order valence-electron chi connectivity index (χ3n) is 6.23. The minimum atomic E-state index is 0.221. The van der Waals surface area contributed by atoms with Crippen LogP contribution in [-0.4, -0.2) is 0 Å². The van der Waals surface area contributed by atoms with Crippen LogP contribution in [0.4, 0.5) is 5.69 Å². The monoisotopic (exact) mass is 401 g/mol. The van der Waals surface area contributed by atoms with Crippen molar-refractivity contribution in [1.29, 1.82) is 0 Å². The number of halogens is 2. The topological polar surface area (TPSA) is 12.0 Å². The number of anilines is 1. The van der Waals surface area contributed by atoms with E-state index in [1.54, 1.807) is 0 Å². The van der Waals surface area contributed by atoms with Crippen molar-refractivity contribution >= 4 is 39.7 Å². The zero-order chi connectivity index (χ0) is 18.8. The Bertz CT molecular complexity index is 1240. The Kier molecular flexibility index (Phi) is 3.53. The second-order valence-electron chi connectivity index (χ2n) is 7.66. The smallest absolute Gasteiger partial charge is 0.0598 e. The van der Waals surface area contributed by atoms with E-state index in [9.17, 15) is 0 Å². The molecule has 2 unspecified atom stereocenters. The van der Waals surface area contributed by atoms with Gasteiger partial charge < -0.3 is 5.32 Å². The first-order valence-electron chi connectivity index (χ1n) is 9.57. The Morgan fingerprint density at radius 3 is 2.43 bits per heavy atom. The van der Waals surface area contributed by atoms with E-state index >= 15 is 0 Å². The fourth-order valence-electron chi connectivity index (χ4n) is 5.07. The van der Waals surface area contributed by atoms with Gasteiger partial charge in [-0.1, -0.05) is 77.8 Å². The number of hydrogen-bond acceptors (Lipinski definition) is 1. The molecule has 0 fully saturated rings. The quantitative estimate of drug-likeness (QED) is 0.345. The molecule has 1 N–H and O–H groups in total. The third kappa shape index (κ3) is 2.21. The Morgan fingerprint density at radius 2 is 1.57 bits per heavy atom. The van der Waals surface area contributed by atoms with Crippen molar-refractivity contribution in [2.24, 2.45) is 0 Å². The first kappa shape index (κ1) is 16.5. The zero-order valence-corrected chi connectivity index (χ0v) is 16.6. The van der Waals surface area contributed by atoms with Crippen molar-refractivity contribution in [3.63, 3.8) is 0 Å². The second-order valence-corrected chi connectivity index (χ2v) is 8.47. The Balaban J connectivity index is 1.66. The normalized spacial score (nSPS) is 19.2. The molecular formula is C25H17Cl2N. The van der Waals surface area contributed by atoms with Gasteiger partial charge in [-0.15, -0.1) is 0 Å². The molecule has 136 valence electrons. The molecule has 0 spiro atoms. The van der Waals surface area contributed by atoms with E-state index in [1.807, 2.05) is 18.2 Å². The van der Waals surface area contributed by atoms with Gasteiger partial charge in [-0.3, -0.25) is 0 Å². The molecule has 4 aromatic rings. The highest BCUT2D eigenvalue weighted by atomic mass is 35.5. The van der Waals surface area contributed by atoms with Gasteiger partial charge in [-0.05, 0) is 57.6 Å². The maximum Gasteiger partial charge on any atom is 0.0598 e. The predicted octanol–water partition coefficient (Wildman–Crippen LogP) is 7.62. The Morgan fingerprint density at radius 1 is 0.786 bits per heavy atom. The molecule has 1 heterocycles. The number of fused-ring (bicyclic) bond motifs is 4. The maximum atomic E-state index is 6.61. The van der Waals surface area contributed by atoms with Gasteiger partial charge in [0.05, 0.1) is 6.04 Å². The van der Waals surface area contributed by atoms with E-state index in [1.165, 1.54) is 33.2 Å². The van der Waals surface area contributed by atoms with Crippen molar-refractivity contribution in [2.75, 3.05) is 5.32 Å². The minimum absolute atomic E-state index is 0.221. The molecular weight excluding hydrogens is 385 g/mol. The van der Waals surface area contributed by atoms with Crippen molar-refractivity contribution in [3.8, 4) is 11.1 Å². The lowest BCUT2D eigenvalue weighted by molar-refractivity contribution is 0.590. The highest BCUT2D eigenvalue weighted by Gasteiger charge is 2.39. The highest BCUT2D eigenvalue weighted by molar-refractivity contribution is 6.39. The van der Waals surface area contributed by atoms with Gasteiger partial charge in [0, 0.05) is 27.2 Å². The molecule has 0 aromatic heterocycles. The molecule has 4 aromatic carbocycles. The van der Waals surface area contributed by atoms with Gasteiger partial charge in [0.2, 0.25) is 0 Å². The summed E-state index contributed by atoms with van der Waals surface area (Å²) in [6.45, 7) is 0. The van der Waals surface area contributed by atoms with Crippen molar-refractivity contribution < 1.29 is 0 Å². The van der Waals surface area contributed by atoms with Gasteiger partial charge in [0.25, 0.3) is 0 Å². The SMILES string of the molecule is Clc1cccc(Cl)c1-c1ccc2cccc3c2c1C1Nc2ccccc2CC31. The average molecular weight is 402 g/mol. The molecule has 28 heavy (non-hydrogen) atoms. The molecule has 0 bridgehead atoms. The van der Waals surface area contributed by atoms with Crippen LogP contribution in [0.15, 0.2) is 72.8 Å². The summed E-state index contributed by atoms with van der Waals surface area (Å²) >= 11 is 13.2. The molecule has 1 nitrogen and oxygen atoms in total. The third-order valence-corrected chi connectivity index (χ3v) is 6.86. The lowest BCUT2D eigenvalue weighted by Gasteiger charge is -2.32. The van der Waals surface area contributed by atoms with Crippen LogP contribution in [0.2, 0.25) is 10.0 Å². The van der Waals surface area contributed by atoms with Crippen LogP contribution in [0.25, 0.3) is 21.9 Å². The average Bonchev–Trinajstić information content (AvgIpc) is 3.03. The van der Waals surface area contributed by atoms with Crippen LogP contribution in [0.3, 0.4) is 0 Å². The molecule has 3 heteroatoms. The minimum Gasteiger partial charge on any atom is -0.377 e. The molecule has 2 atom stereocenters. The van der Waals surface area contributed by atoms with Gasteiger partial charge in [0.15, 0.2) is 0 Å². The fourth-order valence-corrected chi connectivity index (χ4v) is 5.67. The summed E-state index contributed by atoms with van der Waals surface area (Å²) in [5.41, 5.74) is 7.41. The van der Waals surface area contributed by atoms with Crippen LogP contribution in [0.5, 0.6) is 0 Å². The first-order valence-corrected chi connectivity index (χ1v) is 10.3. The summed E-state index contributed by atoms with van der Waals surface area (Å²) in [7, 11) is 0. The Hall–Kier alpha value is -2.48. The van der Waals surface area contributed by atoms with Crippen LogP contribution in [0.1, 0.15) is 28.7 Å². The first-order chi connectivity index (χ1) is 13.7. The molecule has 1 aliphatic heterocycles. The van der Waals surface area contributed by atoms with Crippen LogP contribution in [-0.2, 0) is 6.42 Å². The number of hydrogen-bond donors (Lipinski definition) is 1. The van der Waals surface area contributed by atoms with E-state index < -0.39 is 0 Å². The van der Waals surface area contributed by atoms with E-state index in [-0.39, 0.29) is 6.04 Å². The summed E-state index contributed by atoms with van der Waals surface area (Å²) in [6, 6.07) is 25.6. The molecule has 0 radical (unpaired) electrons. The van der Waals surface area contributed by atoms with Crippen molar-refractivity contribution in [3.05, 3.63) is 99.5 Å². The number of rotatable bonds is 1. The van der Waals surface area contributed by atoms with Gasteiger partial charge >= 0.3 is 0 Å². The summed E-state index contributed by atoms with van der Waals surface area (Å²) in [4.78, 5) is 0. The van der Waals surface area contributed by atoms with Gasteiger partial charge in [0.1, 0.15) is 0 Å². The lowest BCUT2D eigenvalue weighted by Crippen LogP contribution is -2.23. The van der Waals surface area contributed by atoms with Crippen molar-refractivity contribution in [1.82, 2.24) is 0 Å². The van der Waals surface area contributed by atoms with E-state index in [2.05, 4.69) is 59.9 Å². The maximum absolute atomic E-state index is 6.61. The molecule has 6 rings (SSSR count). The summed E-state index contributed by atoms with van der Waals surface area (Å²) < 4.78 is 0. The van der Waals surface area contributed by atoms with E-state index in [0.717, 1.165) is 17.5 Å². The standard InChI is InChI=1S/C25H17Cl2N/c26-19-8-4-9-20(27)23(19)17-12-11-14-6-3-7-16-18-13-15-5-1-2-10-21(15)28-25(18)24(17)22(14)16/h1-12,18,25,28H,13H2. The van der Waals surface area contributed by atoms with Crippen LogP contribution < -0.4 is 5.32 Å². The lowest BCUT2D eigenvalue weighted by atomic mass is 9.84. The van der Waals surface area contributed by atoms with Crippen LogP contribution in [0, 0.1) is 0 Å². The van der Waals surface area contributed by atoms with E-state index in [4.69, 9.17) is 23.2 Å². The second kappa shape index (κ2) is 6.01. The predicted molar refractivity (Wildman–Crippen MR) is 119 cm³/mol. The number of nitrogens with one attached hydrogen (secondary N) is 1. The zero-order valence-electron chi connectivity index (χ0n) is 15.0. The number of para-hydroxylation sites is 1. The highest BCUT2D eigenvalue weighted by Crippen LogP contribution is 2.55. The molecule has 1 aliphatic carbocycles. The number of benzene rings is 4. The Labute approximate surface area is 173 Å². The molecule has 0 amide bonds. The fraction of sp³-hybridized carbons (Fsp3) is 0.120. The summed E-state index contributed by atoms with van der Waals surface area (Å²) in [5.74, 6) is 0.413. The molecule has 0 saturated heterocycles. The van der Waals surface area contributed by atoms with Crippen LogP contribution >= 0.6 is 23.2 Å². The molecule has 0 saturated carbocycles. The molecule has 2 aliphatic rings. The summed E-state index contributed by atoms with van der Waals surface area (Å²) in [6.07, 6.45) is 1.04. The van der Waals surface area contributed by atoms with E-state index in [0.29, 0.717) is 16.0 Å². The largest absolute Gasteiger partial charge is 0.377 e. The van der Waals surface area contributed by atoms with Gasteiger partial charge in [-0.2, -0.15) is 0 Å². The van der Waals surface area contributed by atoms with Crippen molar-refractivity contribution in [2.45, 2.75) is 18.4 Å². The van der Waals surface area contributed by atoms with Gasteiger partial charge in [-0.25, -0.2) is 0 Å². The summed E-state index contributed by atoms with van der Waals surface area (Å²) in [5, 5.41) is 7.85.